The van der Waals surface area contributed by atoms with Gasteiger partial charge in [-0.25, -0.2) is 4.98 Å². The van der Waals surface area contributed by atoms with Crippen LogP contribution in [-0.2, 0) is 6.61 Å². The lowest BCUT2D eigenvalue weighted by Crippen LogP contribution is -1.98. The Morgan fingerprint density at radius 3 is 2.52 bits per heavy atom. The average molecular weight is 350 g/mol. The molecule has 0 saturated carbocycles. The van der Waals surface area contributed by atoms with Crippen molar-refractivity contribution in [1.29, 1.82) is 0 Å². The van der Waals surface area contributed by atoms with Gasteiger partial charge in [0.2, 0.25) is 0 Å². The first-order chi connectivity index (χ1) is 12.2. The van der Waals surface area contributed by atoms with E-state index in [-0.39, 0.29) is 0 Å². The fraction of sp³-hybridized carbons (Fsp3) is 0.0952. The highest BCUT2D eigenvalue weighted by atomic mass is 35.5. The maximum atomic E-state index is 6.22. The molecule has 0 unspecified atom stereocenters. The van der Waals surface area contributed by atoms with Crippen LogP contribution in [0.25, 0.3) is 21.8 Å². The molecule has 4 aromatic rings. The van der Waals surface area contributed by atoms with Gasteiger partial charge in [-0.15, -0.1) is 0 Å². The van der Waals surface area contributed by atoms with Gasteiger partial charge in [-0.1, -0.05) is 41.9 Å². The Balaban J connectivity index is 1.89. The Labute approximate surface area is 150 Å². The van der Waals surface area contributed by atoms with Crippen LogP contribution < -0.4 is 9.47 Å². The number of fused-ring (bicyclic) bond motifs is 2. The quantitative estimate of drug-likeness (QED) is 0.447. The van der Waals surface area contributed by atoms with Crippen molar-refractivity contribution in [2.75, 3.05) is 7.11 Å². The number of pyridine rings is 1. The van der Waals surface area contributed by atoms with Gasteiger partial charge in [0.1, 0.15) is 18.1 Å². The third kappa shape index (κ3) is 3.11. The number of ether oxygens (including phenoxy) is 2. The van der Waals surface area contributed by atoms with Gasteiger partial charge < -0.3 is 9.47 Å². The molecule has 0 aliphatic heterocycles. The standard InChI is InChI=1S/C21H16ClNO2/c1-24-16-8-10-19-18(12-16)21(25-13-14-5-3-2-4-6-14)17-9-7-15(22)11-20(17)23-19/h2-12H,13H2,1H3. The zero-order chi connectivity index (χ0) is 17.2. The molecule has 1 heterocycles. The van der Waals surface area contributed by atoms with Gasteiger partial charge in [-0.05, 0) is 42.0 Å². The summed E-state index contributed by atoms with van der Waals surface area (Å²) < 4.78 is 11.6. The van der Waals surface area contributed by atoms with Gasteiger partial charge in [-0.3, -0.25) is 0 Å². The molecule has 3 nitrogen and oxygen atoms in total. The summed E-state index contributed by atoms with van der Waals surface area (Å²) in [7, 11) is 1.65. The zero-order valence-corrected chi connectivity index (χ0v) is 14.5. The van der Waals surface area contributed by atoms with E-state index in [1.807, 2.05) is 66.7 Å². The van der Waals surface area contributed by atoms with Crippen molar-refractivity contribution in [2.24, 2.45) is 0 Å². The summed E-state index contributed by atoms with van der Waals surface area (Å²) in [6.07, 6.45) is 0. The molecule has 0 aliphatic carbocycles. The molecule has 0 fully saturated rings. The number of methoxy groups -OCH3 is 1. The summed E-state index contributed by atoms with van der Waals surface area (Å²) in [5.74, 6) is 1.56. The summed E-state index contributed by atoms with van der Waals surface area (Å²) in [6, 6.07) is 21.5. The van der Waals surface area contributed by atoms with Gasteiger partial charge >= 0.3 is 0 Å². The lowest BCUT2D eigenvalue weighted by Gasteiger charge is -2.14. The van der Waals surface area contributed by atoms with Crippen LogP contribution in [0.4, 0.5) is 0 Å². The maximum absolute atomic E-state index is 6.22. The van der Waals surface area contributed by atoms with E-state index in [0.717, 1.165) is 38.9 Å². The van der Waals surface area contributed by atoms with Crippen LogP contribution in [0, 0.1) is 0 Å². The Kier molecular flexibility index (Phi) is 4.16. The number of nitrogens with zero attached hydrogens (tertiary/aromatic N) is 1. The molecule has 0 atom stereocenters. The van der Waals surface area contributed by atoms with E-state index >= 15 is 0 Å². The Morgan fingerprint density at radius 1 is 0.880 bits per heavy atom. The molecule has 0 radical (unpaired) electrons. The minimum atomic E-state index is 0.481. The van der Waals surface area contributed by atoms with Crippen LogP contribution in [0.15, 0.2) is 66.7 Å². The molecule has 0 N–H and O–H groups in total. The Morgan fingerprint density at radius 2 is 1.72 bits per heavy atom. The molecular formula is C21H16ClNO2. The van der Waals surface area contributed by atoms with E-state index < -0.39 is 0 Å². The summed E-state index contributed by atoms with van der Waals surface area (Å²) >= 11 is 6.14. The third-order valence-corrected chi connectivity index (χ3v) is 4.35. The van der Waals surface area contributed by atoms with Crippen molar-refractivity contribution >= 4 is 33.4 Å². The number of halogens is 1. The number of benzene rings is 3. The van der Waals surface area contributed by atoms with E-state index in [9.17, 15) is 0 Å². The van der Waals surface area contributed by atoms with Gasteiger partial charge in [0, 0.05) is 15.8 Å². The predicted molar refractivity (Wildman–Crippen MR) is 102 cm³/mol. The average Bonchev–Trinajstić information content (AvgIpc) is 2.65. The summed E-state index contributed by atoms with van der Waals surface area (Å²) in [6.45, 7) is 0.481. The van der Waals surface area contributed by atoms with Crippen LogP contribution in [0.1, 0.15) is 5.56 Å². The molecule has 0 saturated heterocycles. The Hall–Kier alpha value is -2.78. The molecule has 124 valence electrons. The first kappa shape index (κ1) is 15.7. The van der Waals surface area contributed by atoms with Gasteiger partial charge in [0.15, 0.2) is 0 Å². The molecule has 4 heteroatoms. The second kappa shape index (κ2) is 6.61. The molecule has 0 bridgehead atoms. The van der Waals surface area contributed by atoms with E-state index in [1.54, 1.807) is 7.11 Å². The Bertz CT molecular complexity index is 1050. The third-order valence-electron chi connectivity index (χ3n) is 4.12. The lowest BCUT2D eigenvalue weighted by molar-refractivity contribution is 0.313. The normalized spacial score (nSPS) is 11.0. The summed E-state index contributed by atoms with van der Waals surface area (Å²) in [5, 5.41) is 2.51. The van der Waals surface area contributed by atoms with Crippen molar-refractivity contribution < 1.29 is 9.47 Å². The first-order valence-corrected chi connectivity index (χ1v) is 8.36. The van der Waals surface area contributed by atoms with E-state index in [2.05, 4.69) is 0 Å². The fourth-order valence-corrected chi connectivity index (χ4v) is 3.04. The molecule has 0 aliphatic rings. The van der Waals surface area contributed by atoms with Crippen LogP contribution in [-0.4, -0.2) is 12.1 Å². The number of aromatic nitrogens is 1. The fourth-order valence-electron chi connectivity index (χ4n) is 2.87. The second-order valence-electron chi connectivity index (χ2n) is 5.76. The van der Waals surface area contributed by atoms with Crippen LogP contribution in [0.5, 0.6) is 11.5 Å². The van der Waals surface area contributed by atoms with Crippen molar-refractivity contribution in [3.05, 3.63) is 77.3 Å². The maximum Gasteiger partial charge on any atom is 0.138 e. The smallest absolute Gasteiger partial charge is 0.138 e. The molecule has 4 rings (SSSR count). The molecule has 1 aromatic heterocycles. The number of hydrogen-bond acceptors (Lipinski definition) is 3. The minimum Gasteiger partial charge on any atom is -0.497 e. The van der Waals surface area contributed by atoms with Crippen LogP contribution in [0.2, 0.25) is 5.02 Å². The first-order valence-electron chi connectivity index (χ1n) is 7.98. The second-order valence-corrected chi connectivity index (χ2v) is 6.20. The van der Waals surface area contributed by atoms with E-state index in [4.69, 9.17) is 26.1 Å². The van der Waals surface area contributed by atoms with Crippen molar-refractivity contribution in [3.8, 4) is 11.5 Å². The number of hydrogen-bond donors (Lipinski definition) is 0. The largest absolute Gasteiger partial charge is 0.497 e. The minimum absolute atomic E-state index is 0.481. The van der Waals surface area contributed by atoms with Gasteiger partial charge in [0.25, 0.3) is 0 Å². The molecule has 25 heavy (non-hydrogen) atoms. The predicted octanol–water partition coefficient (Wildman–Crippen LogP) is 5.63. The summed E-state index contributed by atoms with van der Waals surface area (Å²) in [5.41, 5.74) is 2.77. The highest BCUT2D eigenvalue weighted by Crippen LogP contribution is 2.36. The van der Waals surface area contributed by atoms with Gasteiger partial charge in [-0.2, -0.15) is 0 Å². The SMILES string of the molecule is COc1ccc2nc3cc(Cl)ccc3c(OCc3ccccc3)c2c1. The highest BCUT2D eigenvalue weighted by molar-refractivity contribution is 6.31. The monoisotopic (exact) mass is 349 g/mol. The highest BCUT2D eigenvalue weighted by Gasteiger charge is 2.12. The van der Waals surface area contributed by atoms with E-state index in [0.29, 0.717) is 11.6 Å². The number of rotatable bonds is 4. The van der Waals surface area contributed by atoms with Crippen molar-refractivity contribution in [1.82, 2.24) is 4.98 Å². The van der Waals surface area contributed by atoms with Gasteiger partial charge in [0.05, 0.1) is 18.1 Å². The van der Waals surface area contributed by atoms with Crippen LogP contribution >= 0.6 is 11.6 Å². The van der Waals surface area contributed by atoms with Crippen molar-refractivity contribution in [2.45, 2.75) is 6.61 Å². The summed E-state index contributed by atoms with van der Waals surface area (Å²) in [4.78, 5) is 4.71. The lowest BCUT2D eigenvalue weighted by atomic mass is 10.1. The van der Waals surface area contributed by atoms with Crippen molar-refractivity contribution in [3.63, 3.8) is 0 Å². The zero-order valence-electron chi connectivity index (χ0n) is 13.7. The topological polar surface area (TPSA) is 31.4 Å². The molecule has 0 amide bonds. The molecular weight excluding hydrogens is 334 g/mol. The molecule has 3 aromatic carbocycles. The van der Waals surface area contributed by atoms with Crippen LogP contribution in [0.3, 0.4) is 0 Å². The molecule has 0 spiro atoms. The van der Waals surface area contributed by atoms with E-state index in [1.165, 1.54) is 0 Å².